The van der Waals surface area contributed by atoms with Crippen molar-refractivity contribution in [1.82, 2.24) is 10.0 Å². The molecular formula is C11H11Cl3N2O3S. The van der Waals surface area contributed by atoms with Gasteiger partial charge in [0.25, 0.3) is 0 Å². The van der Waals surface area contributed by atoms with E-state index >= 15 is 0 Å². The highest BCUT2D eigenvalue weighted by Gasteiger charge is 2.27. The predicted molar refractivity (Wildman–Crippen MR) is 77.8 cm³/mol. The molecule has 0 aromatic heterocycles. The highest BCUT2D eigenvalue weighted by molar-refractivity contribution is 7.89. The van der Waals surface area contributed by atoms with Gasteiger partial charge in [-0.1, -0.05) is 34.8 Å². The summed E-state index contributed by atoms with van der Waals surface area (Å²) in [6, 6.07) is 2.23. The van der Waals surface area contributed by atoms with Gasteiger partial charge in [-0.3, -0.25) is 4.79 Å². The third-order valence-electron chi connectivity index (χ3n) is 2.82. The molecule has 1 aromatic carbocycles. The summed E-state index contributed by atoms with van der Waals surface area (Å²) in [4.78, 5) is 10.8. The van der Waals surface area contributed by atoms with Crippen molar-refractivity contribution in [3.8, 4) is 0 Å². The Hall–Kier alpha value is -0.530. The molecule has 5 nitrogen and oxygen atoms in total. The largest absolute Gasteiger partial charge is 0.355 e. The van der Waals surface area contributed by atoms with Crippen LogP contribution in [0.5, 0.6) is 0 Å². The van der Waals surface area contributed by atoms with Gasteiger partial charge in [-0.2, -0.15) is 0 Å². The molecular weight excluding hydrogens is 347 g/mol. The van der Waals surface area contributed by atoms with Gasteiger partial charge >= 0.3 is 0 Å². The van der Waals surface area contributed by atoms with E-state index in [1.165, 1.54) is 12.1 Å². The first-order chi connectivity index (χ1) is 9.29. The number of benzene rings is 1. The summed E-state index contributed by atoms with van der Waals surface area (Å²) < 4.78 is 27.1. The zero-order valence-electron chi connectivity index (χ0n) is 10.1. The maximum Gasteiger partial charge on any atom is 0.243 e. The Morgan fingerprint density at radius 3 is 2.30 bits per heavy atom. The molecule has 110 valence electrons. The van der Waals surface area contributed by atoms with Crippen LogP contribution in [0.3, 0.4) is 0 Å². The van der Waals surface area contributed by atoms with Crippen LogP contribution >= 0.6 is 34.8 Å². The lowest BCUT2D eigenvalue weighted by atomic mass is 10.1. The van der Waals surface area contributed by atoms with E-state index in [-0.39, 0.29) is 44.9 Å². The van der Waals surface area contributed by atoms with Crippen molar-refractivity contribution in [2.75, 3.05) is 6.54 Å². The zero-order valence-corrected chi connectivity index (χ0v) is 13.2. The second kappa shape index (κ2) is 6.07. The fraction of sp³-hybridized carbons (Fsp3) is 0.364. The van der Waals surface area contributed by atoms with E-state index < -0.39 is 10.0 Å². The summed E-state index contributed by atoms with van der Waals surface area (Å²) in [7, 11) is -3.88. The first-order valence-corrected chi connectivity index (χ1v) is 8.35. The molecule has 1 aliphatic heterocycles. The molecule has 1 amide bonds. The van der Waals surface area contributed by atoms with Gasteiger partial charge in [0.2, 0.25) is 15.9 Å². The average Bonchev–Trinajstić information content (AvgIpc) is 2.30. The van der Waals surface area contributed by atoms with Gasteiger partial charge in [0, 0.05) is 24.0 Å². The Bertz CT molecular complexity index is 615. The molecule has 1 aromatic rings. The molecule has 0 radical (unpaired) electrons. The summed E-state index contributed by atoms with van der Waals surface area (Å²) in [5.41, 5.74) is 0. The molecule has 9 heteroatoms. The van der Waals surface area contributed by atoms with E-state index in [4.69, 9.17) is 34.8 Å². The van der Waals surface area contributed by atoms with Crippen molar-refractivity contribution in [2.24, 2.45) is 0 Å². The minimum absolute atomic E-state index is 0.0464. The maximum absolute atomic E-state index is 12.3. The van der Waals surface area contributed by atoms with Gasteiger partial charge in [0.1, 0.15) is 4.90 Å². The molecule has 2 rings (SSSR count). The van der Waals surface area contributed by atoms with Crippen molar-refractivity contribution in [1.29, 1.82) is 0 Å². The van der Waals surface area contributed by atoms with E-state index in [9.17, 15) is 13.2 Å². The van der Waals surface area contributed by atoms with Gasteiger partial charge in [-0.15, -0.1) is 0 Å². The van der Waals surface area contributed by atoms with Crippen molar-refractivity contribution in [2.45, 2.75) is 23.8 Å². The van der Waals surface area contributed by atoms with Crippen LogP contribution in [0.2, 0.25) is 15.1 Å². The van der Waals surface area contributed by atoms with Crippen LogP contribution in [0.15, 0.2) is 17.0 Å². The van der Waals surface area contributed by atoms with Crippen LogP contribution in [0.4, 0.5) is 0 Å². The molecule has 1 fully saturated rings. The Kier molecular flexibility index (Phi) is 4.81. The van der Waals surface area contributed by atoms with Gasteiger partial charge in [-0.05, 0) is 18.6 Å². The predicted octanol–water partition coefficient (Wildman–Crippen LogP) is 2.20. The number of hydrogen-bond acceptors (Lipinski definition) is 3. The molecule has 1 atom stereocenters. The second-order valence-corrected chi connectivity index (χ2v) is 7.26. The SMILES string of the molecule is O=C1CCC(NS(=O)(=O)c2c(Cl)cc(Cl)cc2Cl)CN1. The van der Waals surface area contributed by atoms with Crippen LogP contribution < -0.4 is 10.0 Å². The third-order valence-corrected chi connectivity index (χ3v) is 5.48. The highest BCUT2D eigenvalue weighted by Crippen LogP contribution is 2.32. The fourth-order valence-corrected chi connectivity index (χ4v) is 4.71. The number of rotatable bonds is 3. The highest BCUT2D eigenvalue weighted by atomic mass is 35.5. The van der Waals surface area contributed by atoms with Crippen LogP contribution in [0.25, 0.3) is 0 Å². The number of hydrogen-bond donors (Lipinski definition) is 2. The average molecular weight is 358 g/mol. The number of halogens is 3. The lowest BCUT2D eigenvalue weighted by Gasteiger charge is -2.23. The number of sulfonamides is 1. The Morgan fingerprint density at radius 2 is 1.80 bits per heavy atom. The van der Waals surface area contributed by atoms with Gasteiger partial charge in [0.05, 0.1) is 10.0 Å². The summed E-state index contributed by atoms with van der Waals surface area (Å²) in [6.07, 6.45) is 0.698. The van der Waals surface area contributed by atoms with E-state index in [1.54, 1.807) is 0 Å². The van der Waals surface area contributed by atoms with E-state index in [0.717, 1.165) is 0 Å². The maximum atomic E-state index is 12.3. The molecule has 20 heavy (non-hydrogen) atoms. The quantitative estimate of drug-likeness (QED) is 0.871. The lowest BCUT2D eigenvalue weighted by molar-refractivity contribution is -0.122. The van der Waals surface area contributed by atoms with Crippen LogP contribution in [-0.4, -0.2) is 26.9 Å². The first-order valence-electron chi connectivity index (χ1n) is 5.73. The Labute approximate surface area is 131 Å². The van der Waals surface area contributed by atoms with Gasteiger partial charge < -0.3 is 5.32 Å². The Balaban J connectivity index is 2.25. The Morgan fingerprint density at radius 1 is 1.20 bits per heavy atom. The summed E-state index contributed by atoms with van der Waals surface area (Å²) in [5, 5.41) is 2.75. The number of piperidine rings is 1. The summed E-state index contributed by atoms with van der Waals surface area (Å²) in [5.74, 6) is -0.0944. The zero-order chi connectivity index (χ0) is 14.9. The molecule has 0 aliphatic carbocycles. The second-order valence-electron chi connectivity index (χ2n) is 4.36. The summed E-state index contributed by atoms with van der Waals surface area (Å²) in [6.45, 7) is 0.237. The van der Waals surface area contributed by atoms with E-state index in [2.05, 4.69) is 10.0 Å². The molecule has 0 saturated carbocycles. The molecule has 0 spiro atoms. The van der Waals surface area contributed by atoms with Crippen molar-refractivity contribution in [3.63, 3.8) is 0 Å². The molecule has 2 N–H and O–H groups in total. The number of amides is 1. The van der Waals surface area contributed by atoms with Crippen molar-refractivity contribution < 1.29 is 13.2 Å². The van der Waals surface area contributed by atoms with Crippen LogP contribution in [0.1, 0.15) is 12.8 Å². The number of nitrogens with one attached hydrogen (secondary N) is 2. The first kappa shape index (κ1) is 15.9. The minimum Gasteiger partial charge on any atom is -0.355 e. The molecule has 1 saturated heterocycles. The minimum atomic E-state index is -3.88. The lowest BCUT2D eigenvalue weighted by Crippen LogP contribution is -2.47. The fourth-order valence-electron chi connectivity index (χ4n) is 1.90. The molecule has 1 aliphatic rings. The van der Waals surface area contributed by atoms with Crippen molar-refractivity contribution >= 4 is 50.7 Å². The van der Waals surface area contributed by atoms with E-state index in [1.807, 2.05) is 0 Å². The van der Waals surface area contributed by atoms with Gasteiger partial charge in [-0.25, -0.2) is 13.1 Å². The third kappa shape index (κ3) is 3.56. The van der Waals surface area contributed by atoms with Crippen LogP contribution in [0, 0.1) is 0 Å². The molecule has 1 heterocycles. The smallest absolute Gasteiger partial charge is 0.243 e. The number of carbonyl (C=O) groups excluding carboxylic acids is 1. The monoisotopic (exact) mass is 356 g/mol. The standard InChI is InChI=1S/C11H11Cl3N2O3S/c12-6-3-8(13)11(9(14)4-6)20(18,19)16-7-1-2-10(17)15-5-7/h3-4,7,16H,1-2,5H2,(H,15,17). The normalized spacial score (nSPS) is 19.8. The van der Waals surface area contributed by atoms with Gasteiger partial charge in [0.15, 0.2) is 0 Å². The van der Waals surface area contributed by atoms with E-state index in [0.29, 0.717) is 6.42 Å². The number of carbonyl (C=O) groups is 1. The topological polar surface area (TPSA) is 75.3 Å². The molecule has 1 unspecified atom stereocenters. The summed E-state index contributed by atoms with van der Waals surface area (Å²) >= 11 is 17.6. The molecule has 0 bridgehead atoms. The van der Waals surface area contributed by atoms with Crippen LogP contribution in [-0.2, 0) is 14.8 Å². The van der Waals surface area contributed by atoms with Crippen molar-refractivity contribution in [3.05, 3.63) is 27.2 Å².